The summed E-state index contributed by atoms with van der Waals surface area (Å²) in [6.45, 7) is 7.16. The van der Waals surface area contributed by atoms with Crippen LogP contribution in [0.1, 0.15) is 271 Å². The predicted molar refractivity (Wildman–Crippen MR) is 227 cm³/mol. The first-order valence-corrected chi connectivity index (χ1v) is 23.6. The number of aliphatic carboxylic acids is 2. The lowest BCUT2D eigenvalue weighted by Gasteiger charge is -2.41. The Labute approximate surface area is 329 Å². The number of amides is 1. The van der Waals surface area contributed by atoms with Crippen molar-refractivity contribution in [2.24, 2.45) is 0 Å². The van der Waals surface area contributed by atoms with E-state index in [4.69, 9.17) is 0 Å². The number of carbonyl (C=O) groups excluding carboxylic acids is 1. The van der Waals surface area contributed by atoms with Gasteiger partial charge in [0.05, 0.1) is 0 Å². The first-order valence-electron chi connectivity index (χ1n) is 23.6. The van der Waals surface area contributed by atoms with Crippen LogP contribution in [0.15, 0.2) is 0 Å². The molecular formula is C47H91NO5. The third-order valence-corrected chi connectivity index (χ3v) is 11.6. The molecule has 0 spiro atoms. The van der Waals surface area contributed by atoms with Crippen LogP contribution in [0.5, 0.6) is 0 Å². The number of carboxylic acid groups (broad SMARTS) is 2. The Morgan fingerprint density at radius 3 is 1.00 bits per heavy atom. The molecule has 0 saturated carbocycles. The van der Waals surface area contributed by atoms with E-state index in [1.807, 2.05) is 0 Å². The van der Waals surface area contributed by atoms with E-state index in [2.05, 4.69) is 20.8 Å². The molecule has 314 valence electrons. The van der Waals surface area contributed by atoms with Crippen LogP contribution in [0.2, 0.25) is 0 Å². The van der Waals surface area contributed by atoms with Crippen molar-refractivity contribution in [2.45, 2.75) is 277 Å². The Bertz CT molecular complexity index is 832. The Balaban J connectivity index is 5.07. The van der Waals surface area contributed by atoms with Crippen molar-refractivity contribution in [3.05, 3.63) is 0 Å². The van der Waals surface area contributed by atoms with Crippen LogP contribution >= 0.6 is 0 Å². The van der Waals surface area contributed by atoms with Gasteiger partial charge in [0.15, 0.2) is 0 Å². The number of hydrogen-bond donors (Lipinski definition) is 2. The Kier molecular flexibility index (Phi) is 37.5. The van der Waals surface area contributed by atoms with Gasteiger partial charge in [-0.05, 0) is 25.7 Å². The van der Waals surface area contributed by atoms with Gasteiger partial charge in [0.1, 0.15) is 5.54 Å². The van der Waals surface area contributed by atoms with E-state index in [9.17, 15) is 24.6 Å². The molecule has 0 aromatic carbocycles. The van der Waals surface area contributed by atoms with Crippen molar-refractivity contribution in [3.63, 3.8) is 0 Å². The minimum Gasteiger partial charge on any atom is -0.481 e. The molecule has 0 saturated heterocycles. The molecule has 0 aliphatic heterocycles. The van der Waals surface area contributed by atoms with E-state index in [0.717, 1.165) is 57.8 Å². The quantitative estimate of drug-likeness (QED) is 0.0605. The van der Waals surface area contributed by atoms with Gasteiger partial charge in [-0.15, -0.1) is 0 Å². The zero-order valence-corrected chi connectivity index (χ0v) is 35.9. The van der Waals surface area contributed by atoms with Crippen LogP contribution in [0, 0.1) is 0 Å². The van der Waals surface area contributed by atoms with Crippen LogP contribution in [0.3, 0.4) is 0 Å². The zero-order chi connectivity index (χ0) is 39.1. The molecule has 0 rings (SSSR count). The molecular weight excluding hydrogens is 659 g/mol. The molecule has 0 radical (unpaired) electrons. The highest BCUT2D eigenvalue weighted by atomic mass is 16.4. The summed E-state index contributed by atoms with van der Waals surface area (Å²) in [4.78, 5) is 40.6. The summed E-state index contributed by atoms with van der Waals surface area (Å²) in [6.07, 6.45) is 42.6. The Hall–Kier alpha value is -1.59. The molecule has 1 atom stereocenters. The van der Waals surface area contributed by atoms with Gasteiger partial charge in [0, 0.05) is 19.4 Å². The average molecular weight is 750 g/mol. The fourth-order valence-electron chi connectivity index (χ4n) is 8.06. The maximum Gasteiger partial charge on any atom is 0.329 e. The van der Waals surface area contributed by atoms with Gasteiger partial charge >= 0.3 is 11.9 Å². The zero-order valence-electron chi connectivity index (χ0n) is 35.9. The fourth-order valence-corrected chi connectivity index (χ4v) is 8.06. The van der Waals surface area contributed by atoms with Crippen LogP contribution in [0.25, 0.3) is 0 Å². The molecule has 0 aromatic rings. The highest BCUT2D eigenvalue weighted by molar-refractivity contribution is 5.87. The largest absolute Gasteiger partial charge is 0.481 e. The monoisotopic (exact) mass is 750 g/mol. The number of rotatable bonds is 43. The average Bonchev–Trinajstić information content (AvgIpc) is 3.14. The molecule has 0 aliphatic rings. The van der Waals surface area contributed by atoms with Gasteiger partial charge in [-0.1, -0.05) is 233 Å². The summed E-state index contributed by atoms with van der Waals surface area (Å²) >= 11 is 0. The molecule has 0 bridgehead atoms. The van der Waals surface area contributed by atoms with E-state index in [0.29, 0.717) is 25.8 Å². The number of carboxylic acids is 2. The van der Waals surface area contributed by atoms with E-state index in [-0.39, 0.29) is 18.7 Å². The minimum atomic E-state index is -1.44. The molecule has 0 aliphatic carbocycles. The molecule has 6 nitrogen and oxygen atoms in total. The third-order valence-electron chi connectivity index (χ3n) is 11.6. The van der Waals surface area contributed by atoms with Crippen molar-refractivity contribution >= 4 is 17.8 Å². The number of nitrogens with zero attached hydrogens (tertiary/aromatic N) is 1. The second-order valence-corrected chi connectivity index (χ2v) is 16.6. The van der Waals surface area contributed by atoms with Crippen molar-refractivity contribution in [1.29, 1.82) is 0 Å². The fraction of sp³-hybridized carbons (Fsp3) is 0.936. The summed E-state index contributed by atoms with van der Waals surface area (Å²) in [6, 6.07) is 0. The summed E-state index contributed by atoms with van der Waals surface area (Å²) in [5, 5.41) is 20.4. The number of unbranched alkanes of at least 4 members (excludes halogenated alkanes) is 32. The van der Waals surface area contributed by atoms with Crippen molar-refractivity contribution in [2.75, 3.05) is 6.54 Å². The van der Waals surface area contributed by atoms with E-state index in [1.54, 1.807) is 4.90 Å². The topological polar surface area (TPSA) is 94.9 Å². The van der Waals surface area contributed by atoms with Crippen molar-refractivity contribution in [1.82, 2.24) is 4.90 Å². The van der Waals surface area contributed by atoms with Gasteiger partial charge in [-0.2, -0.15) is 0 Å². The van der Waals surface area contributed by atoms with E-state index >= 15 is 0 Å². The highest BCUT2D eigenvalue weighted by Gasteiger charge is 2.45. The number of hydrogen-bond acceptors (Lipinski definition) is 3. The SMILES string of the molecule is CCCCCCCCCCCCCCCCCC(=O)N(CCCCCCCCCCCC)[C@@](CCCCCCCCCCCC)(CCC(=O)O)C(=O)O. The maximum absolute atomic E-state index is 14.0. The van der Waals surface area contributed by atoms with Gasteiger partial charge in [-0.3, -0.25) is 9.59 Å². The second kappa shape index (κ2) is 38.7. The predicted octanol–water partition coefficient (Wildman–Crippen LogP) is 15.0. The summed E-state index contributed by atoms with van der Waals surface area (Å²) in [7, 11) is 0. The van der Waals surface area contributed by atoms with E-state index < -0.39 is 17.5 Å². The van der Waals surface area contributed by atoms with Gasteiger partial charge in [0.2, 0.25) is 5.91 Å². The smallest absolute Gasteiger partial charge is 0.329 e. The minimum absolute atomic E-state index is 0.0164. The normalized spacial score (nSPS) is 12.6. The molecule has 0 heterocycles. The summed E-state index contributed by atoms with van der Waals surface area (Å²) < 4.78 is 0. The van der Waals surface area contributed by atoms with Gasteiger partial charge in [-0.25, -0.2) is 4.79 Å². The first-order chi connectivity index (χ1) is 25.9. The standard InChI is InChI=1S/C47H91NO5/c1-4-7-10-13-16-19-22-23-24-25-26-27-30-33-36-39-44(49)48(43-38-35-32-29-21-18-15-12-9-6-3)47(46(52)53,42-40-45(50)51)41-37-34-31-28-20-17-14-11-8-5-2/h4-43H2,1-3H3,(H,50,51)(H,52,53)/t47-/m0/s1. The van der Waals surface area contributed by atoms with Crippen LogP contribution in [0.4, 0.5) is 0 Å². The maximum atomic E-state index is 14.0. The molecule has 6 heteroatoms. The molecule has 0 aromatic heterocycles. The van der Waals surface area contributed by atoms with Gasteiger partial charge < -0.3 is 15.1 Å². The van der Waals surface area contributed by atoms with Gasteiger partial charge in [0.25, 0.3) is 0 Å². The van der Waals surface area contributed by atoms with Crippen molar-refractivity contribution in [3.8, 4) is 0 Å². The molecule has 2 N–H and O–H groups in total. The molecule has 53 heavy (non-hydrogen) atoms. The number of carbonyl (C=O) groups is 3. The summed E-state index contributed by atoms with van der Waals surface area (Å²) in [5.74, 6) is -2.10. The molecule has 0 fully saturated rings. The summed E-state index contributed by atoms with van der Waals surface area (Å²) in [5.41, 5.74) is -1.44. The second-order valence-electron chi connectivity index (χ2n) is 16.6. The lowest BCUT2D eigenvalue weighted by atomic mass is 9.84. The first kappa shape index (κ1) is 51.4. The van der Waals surface area contributed by atoms with Crippen LogP contribution < -0.4 is 0 Å². The van der Waals surface area contributed by atoms with Crippen molar-refractivity contribution < 1.29 is 24.6 Å². The third kappa shape index (κ3) is 30.3. The van der Waals surface area contributed by atoms with Crippen LogP contribution in [-0.2, 0) is 14.4 Å². The lowest BCUT2D eigenvalue weighted by molar-refractivity contribution is -0.162. The molecule has 0 unspecified atom stereocenters. The Morgan fingerprint density at radius 2 is 0.679 bits per heavy atom. The molecule has 1 amide bonds. The van der Waals surface area contributed by atoms with Crippen LogP contribution in [-0.4, -0.2) is 45.0 Å². The highest BCUT2D eigenvalue weighted by Crippen LogP contribution is 2.32. The lowest BCUT2D eigenvalue weighted by Crippen LogP contribution is -2.57. The Morgan fingerprint density at radius 1 is 0.377 bits per heavy atom. The van der Waals surface area contributed by atoms with E-state index in [1.165, 1.54) is 161 Å².